The molecule has 66 valence electrons. The molecule has 5 heteroatoms. The molecule has 0 N–H and O–H groups in total. The summed E-state index contributed by atoms with van der Waals surface area (Å²) in [5.74, 6) is -0.150. The second-order valence-electron chi connectivity index (χ2n) is 2.07. The number of hydrogen-bond donors (Lipinski definition) is 0. The molecule has 0 spiro atoms. The van der Waals surface area contributed by atoms with Gasteiger partial charge in [-0.15, -0.1) is 0 Å². The van der Waals surface area contributed by atoms with Gasteiger partial charge in [0.1, 0.15) is 0 Å². The SMILES string of the molecule is C=NC(=NC(=C)C)C(=O)S(C)=O. The lowest BCUT2D eigenvalue weighted by atomic mass is 10.5. The van der Waals surface area contributed by atoms with Gasteiger partial charge in [0, 0.05) is 12.0 Å². The molecule has 0 aromatic carbocycles. The molecule has 1 atom stereocenters. The van der Waals surface area contributed by atoms with E-state index in [4.69, 9.17) is 0 Å². The summed E-state index contributed by atoms with van der Waals surface area (Å²) in [5.41, 5.74) is 0.427. The standard InChI is InChI=1S/C7H10N2O2S/c1-5(2)9-6(8-3)7(10)12(4)11/h1,3H2,2,4H3. The van der Waals surface area contributed by atoms with Crippen LogP contribution < -0.4 is 0 Å². The number of rotatable bonds is 1. The third-order valence-electron chi connectivity index (χ3n) is 0.890. The maximum atomic E-state index is 11.0. The zero-order valence-electron chi connectivity index (χ0n) is 7.03. The van der Waals surface area contributed by atoms with E-state index in [1.165, 1.54) is 6.26 Å². The van der Waals surface area contributed by atoms with E-state index in [2.05, 4.69) is 23.3 Å². The Labute approximate surface area is 73.6 Å². The molecule has 0 rings (SSSR count). The number of amidine groups is 1. The Kier molecular flexibility index (Phi) is 4.28. The van der Waals surface area contributed by atoms with E-state index in [0.29, 0.717) is 5.70 Å². The first-order valence-corrected chi connectivity index (χ1v) is 4.63. The third-order valence-corrected chi connectivity index (χ3v) is 1.59. The predicted octanol–water partition coefficient (Wildman–Crippen LogP) is 0.524. The number of hydrogen-bond acceptors (Lipinski definition) is 3. The summed E-state index contributed by atoms with van der Waals surface area (Å²) in [6.45, 7) is 8.21. The highest BCUT2D eigenvalue weighted by molar-refractivity contribution is 8.01. The van der Waals surface area contributed by atoms with Crippen LogP contribution >= 0.6 is 0 Å². The van der Waals surface area contributed by atoms with E-state index in [-0.39, 0.29) is 5.84 Å². The van der Waals surface area contributed by atoms with Crippen molar-refractivity contribution in [1.82, 2.24) is 0 Å². The van der Waals surface area contributed by atoms with Gasteiger partial charge in [-0.25, -0.2) is 9.98 Å². The minimum Gasteiger partial charge on any atom is -0.275 e. The Hall–Kier alpha value is -1.10. The lowest BCUT2D eigenvalue weighted by Gasteiger charge is -1.94. The summed E-state index contributed by atoms with van der Waals surface area (Å²) in [6.07, 6.45) is 1.27. The van der Waals surface area contributed by atoms with Crippen LogP contribution in [-0.2, 0) is 15.6 Å². The fourth-order valence-corrected chi connectivity index (χ4v) is 0.822. The molecule has 12 heavy (non-hydrogen) atoms. The van der Waals surface area contributed by atoms with Crippen molar-refractivity contribution in [3.05, 3.63) is 12.3 Å². The fourth-order valence-electron chi connectivity index (χ4n) is 0.455. The Morgan fingerprint density at radius 3 is 2.25 bits per heavy atom. The molecular formula is C7H10N2O2S. The summed E-state index contributed by atoms with van der Waals surface area (Å²) in [7, 11) is -1.60. The molecule has 0 bridgehead atoms. The van der Waals surface area contributed by atoms with Crippen molar-refractivity contribution >= 4 is 28.5 Å². The Morgan fingerprint density at radius 2 is 2.00 bits per heavy atom. The minimum absolute atomic E-state index is 0.150. The Morgan fingerprint density at radius 1 is 1.50 bits per heavy atom. The molecule has 1 unspecified atom stereocenters. The van der Waals surface area contributed by atoms with Crippen LogP contribution in [0.25, 0.3) is 0 Å². The quantitative estimate of drug-likeness (QED) is 0.443. The summed E-state index contributed by atoms with van der Waals surface area (Å²) < 4.78 is 10.7. The number of allylic oxidation sites excluding steroid dienone is 1. The lowest BCUT2D eigenvalue weighted by molar-refractivity contribution is -0.106. The Bertz CT molecular complexity index is 281. The summed E-state index contributed by atoms with van der Waals surface area (Å²) in [6, 6.07) is 0. The monoisotopic (exact) mass is 186 g/mol. The topological polar surface area (TPSA) is 58.9 Å². The highest BCUT2D eigenvalue weighted by atomic mass is 32.2. The van der Waals surface area contributed by atoms with Crippen LogP contribution in [0, 0.1) is 0 Å². The van der Waals surface area contributed by atoms with Gasteiger partial charge >= 0.3 is 0 Å². The molecule has 0 radical (unpaired) electrons. The average Bonchev–Trinajstić information content (AvgIpc) is 1.98. The van der Waals surface area contributed by atoms with E-state index < -0.39 is 15.9 Å². The summed E-state index contributed by atoms with van der Waals surface area (Å²) in [5, 5.41) is -0.631. The van der Waals surface area contributed by atoms with Gasteiger partial charge in [0.25, 0.3) is 5.12 Å². The van der Waals surface area contributed by atoms with Gasteiger partial charge < -0.3 is 0 Å². The molecule has 0 heterocycles. The summed E-state index contributed by atoms with van der Waals surface area (Å²) >= 11 is 0. The van der Waals surface area contributed by atoms with Crippen molar-refractivity contribution in [2.45, 2.75) is 6.92 Å². The van der Waals surface area contributed by atoms with Crippen molar-refractivity contribution in [3.63, 3.8) is 0 Å². The largest absolute Gasteiger partial charge is 0.286 e. The smallest absolute Gasteiger partial charge is 0.275 e. The highest BCUT2D eigenvalue weighted by Crippen LogP contribution is 1.95. The van der Waals surface area contributed by atoms with Crippen molar-refractivity contribution in [2.75, 3.05) is 6.26 Å². The van der Waals surface area contributed by atoms with Crippen molar-refractivity contribution in [2.24, 2.45) is 9.98 Å². The molecule has 0 aromatic heterocycles. The van der Waals surface area contributed by atoms with Gasteiger partial charge in [0.2, 0.25) is 5.84 Å². The van der Waals surface area contributed by atoms with Gasteiger partial charge in [-0.1, -0.05) is 6.58 Å². The first kappa shape index (κ1) is 10.9. The van der Waals surface area contributed by atoms with E-state index in [1.54, 1.807) is 6.92 Å². The molecular weight excluding hydrogens is 176 g/mol. The summed E-state index contributed by atoms with van der Waals surface area (Å²) in [4.78, 5) is 18.0. The van der Waals surface area contributed by atoms with Crippen LogP contribution in [0.1, 0.15) is 6.92 Å². The first-order valence-electron chi connectivity index (χ1n) is 3.07. The highest BCUT2D eigenvalue weighted by Gasteiger charge is 2.13. The van der Waals surface area contributed by atoms with Crippen LogP contribution in [0.15, 0.2) is 22.3 Å². The lowest BCUT2D eigenvalue weighted by Crippen LogP contribution is -2.16. The number of nitrogens with zero attached hydrogens (tertiary/aromatic N) is 2. The molecule has 0 saturated carbocycles. The van der Waals surface area contributed by atoms with Crippen molar-refractivity contribution < 1.29 is 9.00 Å². The van der Waals surface area contributed by atoms with Crippen molar-refractivity contribution in [3.8, 4) is 0 Å². The maximum absolute atomic E-state index is 11.0. The molecule has 0 aliphatic carbocycles. The normalized spacial score (nSPS) is 13.7. The van der Waals surface area contributed by atoms with E-state index in [9.17, 15) is 9.00 Å². The van der Waals surface area contributed by atoms with Gasteiger partial charge in [0.05, 0.1) is 10.8 Å². The van der Waals surface area contributed by atoms with E-state index >= 15 is 0 Å². The maximum Gasteiger partial charge on any atom is 0.286 e. The van der Waals surface area contributed by atoms with Crippen molar-refractivity contribution in [1.29, 1.82) is 0 Å². The van der Waals surface area contributed by atoms with Gasteiger partial charge in [-0.2, -0.15) is 0 Å². The molecule has 0 aliphatic heterocycles. The second kappa shape index (κ2) is 4.71. The molecule has 0 amide bonds. The molecule has 0 fully saturated rings. The predicted molar refractivity (Wildman–Crippen MR) is 50.9 cm³/mol. The molecule has 0 saturated heterocycles. The fraction of sp³-hybridized carbons (Fsp3) is 0.286. The minimum atomic E-state index is -1.60. The number of carbonyl (C=O) groups excluding carboxylic acids is 1. The third kappa shape index (κ3) is 3.34. The zero-order valence-corrected chi connectivity index (χ0v) is 7.85. The van der Waals surface area contributed by atoms with Gasteiger partial charge in [-0.05, 0) is 13.6 Å². The van der Waals surface area contributed by atoms with Gasteiger partial charge in [-0.3, -0.25) is 9.00 Å². The van der Waals surface area contributed by atoms with Crippen LogP contribution in [0.5, 0.6) is 0 Å². The van der Waals surface area contributed by atoms with E-state index in [1.807, 2.05) is 0 Å². The van der Waals surface area contributed by atoms with Gasteiger partial charge in [0.15, 0.2) is 0 Å². The molecule has 0 aromatic rings. The van der Waals surface area contributed by atoms with Crippen LogP contribution in [0.4, 0.5) is 0 Å². The zero-order chi connectivity index (χ0) is 9.72. The average molecular weight is 186 g/mol. The van der Waals surface area contributed by atoms with Crippen LogP contribution in [0.3, 0.4) is 0 Å². The molecule has 4 nitrogen and oxygen atoms in total. The second-order valence-corrected chi connectivity index (χ2v) is 3.35. The number of aliphatic imine (C=N–C) groups is 2. The number of carbonyl (C=O) groups is 1. The Balaban J connectivity index is 4.80. The van der Waals surface area contributed by atoms with Crippen LogP contribution in [0.2, 0.25) is 0 Å². The first-order chi connectivity index (χ1) is 5.49. The van der Waals surface area contributed by atoms with E-state index in [0.717, 1.165) is 0 Å². The van der Waals surface area contributed by atoms with Crippen LogP contribution in [-0.4, -0.2) is 28.1 Å². The molecule has 0 aliphatic rings.